The molecule has 0 saturated heterocycles. The summed E-state index contributed by atoms with van der Waals surface area (Å²) >= 11 is 5.42. The van der Waals surface area contributed by atoms with E-state index in [1.807, 2.05) is 0 Å². The van der Waals surface area contributed by atoms with Crippen LogP contribution in [0.1, 0.15) is 23.2 Å². The number of halogens is 7. The van der Waals surface area contributed by atoms with Gasteiger partial charge in [-0.3, -0.25) is 4.98 Å². The van der Waals surface area contributed by atoms with Gasteiger partial charge in [0, 0.05) is 21.6 Å². The highest BCUT2D eigenvalue weighted by Gasteiger charge is 2.38. The van der Waals surface area contributed by atoms with Gasteiger partial charge in [0.1, 0.15) is 5.69 Å². The van der Waals surface area contributed by atoms with E-state index in [2.05, 4.69) is 36.8 Å². The lowest BCUT2D eigenvalue weighted by atomic mass is 10.1. The molecule has 0 amide bonds. The lowest BCUT2D eigenvalue weighted by molar-refractivity contribution is -0.138. The van der Waals surface area contributed by atoms with Gasteiger partial charge in [0.25, 0.3) is 6.43 Å². The molecule has 8 heteroatoms. The van der Waals surface area contributed by atoms with Crippen molar-refractivity contribution in [2.24, 2.45) is 0 Å². The predicted octanol–water partition coefficient (Wildman–Crippen LogP) is 4.70. The number of hydrogen-bond acceptors (Lipinski definition) is 1. The van der Waals surface area contributed by atoms with Crippen molar-refractivity contribution >= 4 is 31.9 Å². The van der Waals surface area contributed by atoms with Crippen LogP contribution in [-0.2, 0) is 11.5 Å². The summed E-state index contributed by atoms with van der Waals surface area (Å²) in [5, 5.41) is -0.339. The number of rotatable bonds is 2. The molecule has 1 aromatic rings. The van der Waals surface area contributed by atoms with Gasteiger partial charge >= 0.3 is 6.18 Å². The van der Waals surface area contributed by atoms with Crippen LogP contribution >= 0.6 is 31.9 Å². The number of aromatic nitrogens is 1. The molecule has 1 heterocycles. The zero-order chi connectivity index (χ0) is 12.5. The Morgan fingerprint density at radius 3 is 2.25 bits per heavy atom. The van der Waals surface area contributed by atoms with Crippen molar-refractivity contribution < 1.29 is 22.0 Å². The molecule has 0 saturated carbocycles. The molecule has 0 unspecified atom stereocenters. The van der Waals surface area contributed by atoms with E-state index in [9.17, 15) is 22.0 Å². The Labute approximate surface area is 104 Å². The van der Waals surface area contributed by atoms with Crippen molar-refractivity contribution in [3.8, 4) is 0 Å². The standard InChI is InChI=1S/C8H4Br2F5N/c9-1-3-5(8(13,14)15)4(10)2-16-6(3)7(11)12/h2,7H,1H2. The van der Waals surface area contributed by atoms with Crippen LogP contribution in [0.4, 0.5) is 22.0 Å². The number of hydrogen-bond donors (Lipinski definition) is 0. The van der Waals surface area contributed by atoms with Crippen molar-refractivity contribution in [3.63, 3.8) is 0 Å². The topological polar surface area (TPSA) is 12.9 Å². The van der Waals surface area contributed by atoms with Crippen LogP contribution in [0, 0.1) is 0 Å². The third kappa shape index (κ3) is 2.71. The van der Waals surface area contributed by atoms with Crippen molar-refractivity contribution in [2.75, 3.05) is 0 Å². The predicted molar refractivity (Wildman–Crippen MR) is 54.5 cm³/mol. The molecule has 0 fully saturated rings. The third-order valence-corrected chi connectivity index (χ3v) is 2.95. The average molecular weight is 369 g/mol. The van der Waals surface area contributed by atoms with E-state index in [4.69, 9.17) is 0 Å². The Morgan fingerprint density at radius 2 is 1.88 bits per heavy atom. The fraction of sp³-hybridized carbons (Fsp3) is 0.375. The summed E-state index contributed by atoms with van der Waals surface area (Å²) in [4.78, 5) is 3.30. The fourth-order valence-corrected chi connectivity index (χ4v) is 2.30. The SMILES string of the molecule is FC(F)c1ncc(Br)c(C(F)(F)F)c1CBr. The summed E-state index contributed by atoms with van der Waals surface area (Å²) in [6.45, 7) is 0. The Bertz CT molecular complexity index is 391. The molecule has 0 spiro atoms. The Kier molecular flexibility index (Phi) is 4.28. The largest absolute Gasteiger partial charge is 0.417 e. The quantitative estimate of drug-likeness (QED) is 0.545. The van der Waals surface area contributed by atoms with Crippen LogP contribution in [0.25, 0.3) is 0 Å². The minimum absolute atomic E-state index is 0.339. The summed E-state index contributed by atoms with van der Waals surface area (Å²) in [6, 6.07) is 0. The highest BCUT2D eigenvalue weighted by atomic mass is 79.9. The first-order chi connectivity index (χ1) is 7.29. The lowest BCUT2D eigenvalue weighted by Gasteiger charge is -2.15. The molecule has 16 heavy (non-hydrogen) atoms. The maximum Gasteiger partial charge on any atom is 0.417 e. The van der Waals surface area contributed by atoms with Crippen molar-refractivity contribution in [1.82, 2.24) is 4.98 Å². The summed E-state index contributed by atoms with van der Waals surface area (Å²) in [5.74, 6) is 0. The molecule has 0 aliphatic heterocycles. The number of pyridine rings is 1. The summed E-state index contributed by atoms with van der Waals surface area (Å²) < 4.78 is 62.4. The maximum absolute atomic E-state index is 12.6. The van der Waals surface area contributed by atoms with Crippen LogP contribution in [0.15, 0.2) is 10.7 Å². The first-order valence-electron chi connectivity index (χ1n) is 3.87. The van der Waals surface area contributed by atoms with Crippen LogP contribution in [0.5, 0.6) is 0 Å². The van der Waals surface area contributed by atoms with E-state index in [1.165, 1.54) is 0 Å². The second kappa shape index (κ2) is 4.95. The summed E-state index contributed by atoms with van der Waals surface area (Å²) in [5.41, 5.74) is -2.51. The third-order valence-electron chi connectivity index (χ3n) is 1.79. The molecule has 1 rings (SSSR count). The van der Waals surface area contributed by atoms with Gasteiger partial charge in [0.05, 0.1) is 5.56 Å². The van der Waals surface area contributed by atoms with E-state index in [-0.39, 0.29) is 9.80 Å². The molecule has 90 valence electrons. The average Bonchev–Trinajstić information content (AvgIpc) is 2.14. The normalized spacial score (nSPS) is 12.2. The Morgan fingerprint density at radius 1 is 1.31 bits per heavy atom. The Hall–Kier alpha value is -0.240. The second-order valence-electron chi connectivity index (χ2n) is 2.78. The van der Waals surface area contributed by atoms with Gasteiger partial charge in [0.15, 0.2) is 0 Å². The van der Waals surface area contributed by atoms with Gasteiger partial charge in [-0.1, -0.05) is 15.9 Å². The zero-order valence-corrected chi connectivity index (χ0v) is 10.6. The highest BCUT2D eigenvalue weighted by molar-refractivity contribution is 9.10. The van der Waals surface area contributed by atoms with Crippen molar-refractivity contribution in [3.05, 3.63) is 27.5 Å². The molecule has 0 aliphatic carbocycles. The highest BCUT2D eigenvalue weighted by Crippen LogP contribution is 2.40. The molecule has 0 atom stereocenters. The van der Waals surface area contributed by atoms with Gasteiger partial charge in [-0.2, -0.15) is 13.2 Å². The first-order valence-corrected chi connectivity index (χ1v) is 5.79. The van der Waals surface area contributed by atoms with Crippen molar-refractivity contribution in [2.45, 2.75) is 17.9 Å². The van der Waals surface area contributed by atoms with E-state index in [0.717, 1.165) is 6.20 Å². The maximum atomic E-state index is 12.6. The zero-order valence-electron chi connectivity index (χ0n) is 7.45. The summed E-state index contributed by atoms with van der Waals surface area (Å²) in [6.07, 6.45) is -7.01. The fourth-order valence-electron chi connectivity index (χ4n) is 1.17. The summed E-state index contributed by atoms with van der Waals surface area (Å²) in [7, 11) is 0. The van der Waals surface area contributed by atoms with Gasteiger partial charge in [-0.25, -0.2) is 8.78 Å². The molecular formula is C8H4Br2F5N. The van der Waals surface area contributed by atoms with Crippen LogP contribution in [0.2, 0.25) is 0 Å². The molecule has 0 aliphatic rings. The van der Waals surface area contributed by atoms with Gasteiger partial charge in [-0.05, 0) is 15.9 Å². The van der Waals surface area contributed by atoms with E-state index in [1.54, 1.807) is 0 Å². The molecule has 0 bridgehead atoms. The molecule has 0 N–H and O–H groups in total. The molecule has 1 aromatic heterocycles. The second-order valence-corrected chi connectivity index (χ2v) is 4.19. The number of alkyl halides is 6. The van der Waals surface area contributed by atoms with Crippen molar-refractivity contribution in [1.29, 1.82) is 0 Å². The van der Waals surface area contributed by atoms with Crippen LogP contribution in [0.3, 0.4) is 0 Å². The van der Waals surface area contributed by atoms with Gasteiger partial charge < -0.3 is 0 Å². The number of nitrogens with zero attached hydrogens (tertiary/aromatic N) is 1. The molecule has 0 aromatic carbocycles. The minimum atomic E-state index is -4.70. The first kappa shape index (κ1) is 13.8. The van der Waals surface area contributed by atoms with Gasteiger partial charge in [-0.15, -0.1) is 0 Å². The minimum Gasteiger partial charge on any atom is -0.254 e. The van der Waals surface area contributed by atoms with Gasteiger partial charge in [0.2, 0.25) is 0 Å². The van der Waals surface area contributed by atoms with Crippen LogP contribution in [-0.4, -0.2) is 4.98 Å². The lowest BCUT2D eigenvalue weighted by Crippen LogP contribution is -2.13. The molecular weight excluding hydrogens is 365 g/mol. The molecule has 0 radical (unpaired) electrons. The smallest absolute Gasteiger partial charge is 0.254 e. The van der Waals surface area contributed by atoms with Crippen LogP contribution < -0.4 is 0 Å². The van der Waals surface area contributed by atoms with E-state index < -0.39 is 29.4 Å². The monoisotopic (exact) mass is 367 g/mol. The van der Waals surface area contributed by atoms with E-state index in [0.29, 0.717) is 0 Å². The van der Waals surface area contributed by atoms with E-state index >= 15 is 0 Å². The Balaban J connectivity index is 3.51. The molecule has 1 nitrogen and oxygen atoms in total.